The first-order valence-corrected chi connectivity index (χ1v) is 17.9. The van der Waals surface area contributed by atoms with Crippen LogP contribution in [-0.2, 0) is 27.4 Å². The van der Waals surface area contributed by atoms with Crippen LogP contribution in [0.15, 0.2) is 102 Å². The smallest absolute Gasteiger partial charge is 0.257 e. The van der Waals surface area contributed by atoms with Gasteiger partial charge in [-0.15, -0.1) is 11.8 Å². The van der Waals surface area contributed by atoms with Gasteiger partial charge >= 0.3 is 0 Å². The lowest BCUT2D eigenvalue weighted by Gasteiger charge is -2.41. The monoisotopic (exact) mass is 762 g/mol. The number of aliphatic hydroxyl groups excluding tert-OH is 1. The number of hydrogen-bond acceptors (Lipinski definition) is 6. The highest BCUT2D eigenvalue weighted by molar-refractivity contribution is 7.99. The molecule has 6 rings (SSSR count). The zero-order chi connectivity index (χ0) is 38.5. The third-order valence-electron chi connectivity index (χ3n) is 9.10. The lowest BCUT2D eigenvalue weighted by molar-refractivity contribution is -0.268. The first-order valence-electron chi connectivity index (χ1n) is 16.9. The maximum absolute atomic E-state index is 14.3. The number of ether oxygens (including phenoxy) is 2. The molecule has 5 aromatic rings. The van der Waals surface area contributed by atoms with E-state index in [-0.39, 0.29) is 37.2 Å². The Morgan fingerprint density at radius 2 is 1.37 bits per heavy atom. The Hall–Kier alpha value is -5.08. The molecule has 1 fully saturated rings. The van der Waals surface area contributed by atoms with E-state index in [9.17, 15) is 36.6 Å². The highest BCUT2D eigenvalue weighted by Gasteiger charge is 2.38. The van der Waals surface area contributed by atoms with Gasteiger partial charge in [-0.3, -0.25) is 9.59 Å². The molecule has 7 nitrogen and oxygen atoms in total. The molecule has 0 aliphatic carbocycles. The van der Waals surface area contributed by atoms with Crippen LogP contribution in [0.1, 0.15) is 58.9 Å². The summed E-state index contributed by atoms with van der Waals surface area (Å²) in [6, 6.07) is 29.4. The van der Waals surface area contributed by atoms with Gasteiger partial charge in [-0.25, -0.2) is 22.0 Å². The van der Waals surface area contributed by atoms with Crippen LogP contribution in [0.3, 0.4) is 0 Å². The molecule has 1 heterocycles. The van der Waals surface area contributed by atoms with Crippen LogP contribution in [0, 0.1) is 35.0 Å². The Balaban J connectivity index is 1.20. The first kappa shape index (κ1) is 38.6. The Kier molecular flexibility index (Phi) is 12.1. The topological polar surface area (TPSA) is 96.9 Å². The van der Waals surface area contributed by atoms with E-state index in [1.54, 1.807) is 36.0 Å². The molecule has 4 unspecified atom stereocenters. The highest BCUT2D eigenvalue weighted by atomic mass is 32.2. The second kappa shape index (κ2) is 16.9. The largest absolute Gasteiger partial charge is 0.392 e. The number of anilines is 1. The summed E-state index contributed by atoms with van der Waals surface area (Å²) in [5.74, 6) is -12.2. The number of hydrogen-bond donors (Lipinski definition) is 3. The van der Waals surface area contributed by atoms with Gasteiger partial charge < -0.3 is 25.2 Å². The number of nitrogens with one attached hydrogen (secondary N) is 2. The van der Waals surface area contributed by atoms with E-state index in [0.29, 0.717) is 22.6 Å². The second-order valence-electron chi connectivity index (χ2n) is 12.7. The lowest BCUT2D eigenvalue weighted by atomic mass is 9.91. The van der Waals surface area contributed by atoms with Crippen molar-refractivity contribution in [3.63, 3.8) is 0 Å². The lowest BCUT2D eigenvalue weighted by Crippen LogP contribution is -2.38. The minimum Gasteiger partial charge on any atom is -0.392 e. The molecule has 0 spiro atoms. The Labute approximate surface area is 312 Å². The summed E-state index contributed by atoms with van der Waals surface area (Å²) in [6.07, 6.45) is -1.33. The van der Waals surface area contributed by atoms with Crippen molar-refractivity contribution in [1.29, 1.82) is 0 Å². The molecule has 5 aromatic carbocycles. The van der Waals surface area contributed by atoms with E-state index >= 15 is 0 Å². The minimum atomic E-state index is -2.35. The van der Waals surface area contributed by atoms with Crippen LogP contribution in [0.5, 0.6) is 0 Å². The Bertz CT molecular complexity index is 2110. The van der Waals surface area contributed by atoms with Crippen LogP contribution in [0.2, 0.25) is 0 Å². The summed E-state index contributed by atoms with van der Waals surface area (Å²) in [4.78, 5) is 25.0. The molecule has 0 bridgehead atoms. The number of aliphatic hydroxyl groups is 1. The summed E-state index contributed by atoms with van der Waals surface area (Å²) in [5, 5.41) is 14.6. The number of thioether (sulfide) groups is 1. The predicted octanol–water partition coefficient (Wildman–Crippen LogP) is 9.01. The van der Waals surface area contributed by atoms with Crippen molar-refractivity contribution in [1.82, 2.24) is 5.32 Å². The van der Waals surface area contributed by atoms with Gasteiger partial charge in [0, 0.05) is 41.3 Å². The fourth-order valence-electron chi connectivity index (χ4n) is 6.17. The van der Waals surface area contributed by atoms with Crippen molar-refractivity contribution < 1.29 is 46.1 Å². The van der Waals surface area contributed by atoms with E-state index in [2.05, 4.69) is 17.6 Å². The molecule has 54 heavy (non-hydrogen) atoms. The number of halogens is 5. The fourth-order valence-corrected chi connectivity index (χ4v) is 7.24. The van der Waals surface area contributed by atoms with Gasteiger partial charge in [-0.2, -0.15) is 0 Å². The zero-order valence-corrected chi connectivity index (χ0v) is 29.9. The SMILES string of the molecule is CC(=O)Nc1ccc(SCC2OC(c3ccc(-c4ccccc4CNC(=O)c4c(F)c(F)c(F)c(F)c4F)cc3)OC(c3ccc(CO)cc3)C2C)cc1. The molecular formula is C41H35F5N2O5S. The fraction of sp³-hybridized carbons (Fsp3) is 0.220. The summed E-state index contributed by atoms with van der Waals surface area (Å²) in [7, 11) is 0. The van der Waals surface area contributed by atoms with Crippen molar-refractivity contribution in [2.45, 2.75) is 50.4 Å². The van der Waals surface area contributed by atoms with Crippen molar-refractivity contribution in [3.05, 3.63) is 154 Å². The van der Waals surface area contributed by atoms with Gasteiger partial charge in [-0.05, 0) is 52.1 Å². The van der Waals surface area contributed by atoms with E-state index in [4.69, 9.17) is 9.47 Å². The molecule has 13 heteroatoms. The van der Waals surface area contributed by atoms with Gasteiger partial charge in [0.25, 0.3) is 5.91 Å². The standard InChI is InChI=1S/C41H35F5N2O5S/c1-22-32(21-54-30-17-15-29(16-18-30)48-23(2)50)52-41(53-39(22)26-9-7-24(20-49)8-10-26)27-13-11-25(12-14-27)31-6-4-3-5-28(31)19-47-40(51)33-34(42)36(44)38(46)37(45)35(33)43/h3-18,22,32,39,41,49H,19-21H2,1-2H3,(H,47,51)(H,48,50). The molecule has 3 N–H and O–H groups in total. The van der Waals surface area contributed by atoms with Gasteiger partial charge in [-0.1, -0.05) is 79.7 Å². The number of carbonyl (C=O) groups is 2. The van der Waals surface area contributed by atoms with Crippen molar-refractivity contribution >= 4 is 29.3 Å². The third-order valence-corrected chi connectivity index (χ3v) is 10.2. The van der Waals surface area contributed by atoms with E-state index in [1.165, 1.54) is 6.92 Å². The van der Waals surface area contributed by atoms with Crippen molar-refractivity contribution in [2.24, 2.45) is 5.92 Å². The molecule has 280 valence electrons. The number of rotatable bonds is 11. The van der Waals surface area contributed by atoms with Crippen LogP contribution in [0.25, 0.3) is 11.1 Å². The zero-order valence-electron chi connectivity index (χ0n) is 29.0. The van der Waals surface area contributed by atoms with Crippen LogP contribution in [-0.4, -0.2) is 28.8 Å². The highest BCUT2D eigenvalue weighted by Crippen LogP contribution is 2.43. The van der Waals surface area contributed by atoms with E-state index in [1.807, 2.05) is 72.8 Å². The van der Waals surface area contributed by atoms with Crippen LogP contribution < -0.4 is 10.6 Å². The number of benzene rings is 5. The van der Waals surface area contributed by atoms with Gasteiger partial charge in [0.15, 0.2) is 29.6 Å². The van der Waals surface area contributed by atoms with E-state index < -0.39 is 46.8 Å². The van der Waals surface area contributed by atoms with Gasteiger partial charge in [0.1, 0.15) is 5.56 Å². The Morgan fingerprint density at radius 1 is 0.759 bits per heavy atom. The summed E-state index contributed by atoms with van der Waals surface area (Å²) in [5.41, 5.74) is 3.48. The average Bonchev–Trinajstić information content (AvgIpc) is 3.19. The quantitative estimate of drug-likeness (QED) is 0.0538. The van der Waals surface area contributed by atoms with E-state index in [0.717, 1.165) is 27.1 Å². The summed E-state index contributed by atoms with van der Waals surface area (Å²) in [6.45, 7) is 3.17. The molecule has 1 aliphatic rings. The molecule has 2 amide bonds. The average molecular weight is 763 g/mol. The number of carbonyl (C=O) groups excluding carboxylic acids is 2. The van der Waals surface area contributed by atoms with Gasteiger partial charge in [0.05, 0.1) is 18.8 Å². The maximum atomic E-state index is 14.3. The molecule has 0 radical (unpaired) electrons. The molecular weight excluding hydrogens is 728 g/mol. The maximum Gasteiger partial charge on any atom is 0.257 e. The van der Waals surface area contributed by atoms with Crippen LogP contribution >= 0.6 is 11.8 Å². The number of amides is 2. The third kappa shape index (κ3) is 8.49. The van der Waals surface area contributed by atoms with Gasteiger partial charge in [0.2, 0.25) is 11.7 Å². The predicted molar refractivity (Wildman–Crippen MR) is 194 cm³/mol. The molecule has 0 aromatic heterocycles. The first-order chi connectivity index (χ1) is 25.9. The molecule has 0 saturated carbocycles. The van der Waals surface area contributed by atoms with Crippen molar-refractivity contribution in [3.8, 4) is 11.1 Å². The molecule has 4 atom stereocenters. The van der Waals surface area contributed by atoms with Crippen molar-refractivity contribution in [2.75, 3.05) is 11.1 Å². The Morgan fingerprint density at radius 3 is 2.00 bits per heavy atom. The van der Waals surface area contributed by atoms with Crippen LogP contribution in [0.4, 0.5) is 27.6 Å². The normalized spacial score (nSPS) is 18.3. The molecule has 1 saturated heterocycles. The second-order valence-corrected chi connectivity index (χ2v) is 13.8. The summed E-state index contributed by atoms with van der Waals surface area (Å²) < 4.78 is 82.6. The minimum absolute atomic E-state index is 0.0569. The summed E-state index contributed by atoms with van der Waals surface area (Å²) >= 11 is 1.62. The molecule has 1 aliphatic heterocycles.